The number of ether oxygens (including phenoxy) is 2. The summed E-state index contributed by atoms with van der Waals surface area (Å²) < 4.78 is 11.0. The maximum atomic E-state index is 12.8. The fraction of sp³-hybridized carbons (Fsp3) is 0.800. The van der Waals surface area contributed by atoms with Crippen LogP contribution in [-0.2, 0) is 14.3 Å². The monoisotopic (exact) mass is 641 g/mol. The Hall–Kier alpha value is -1.63. The number of aliphatic hydroxyl groups excluding tert-OH is 6. The zero-order valence-electron chi connectivity index (χ0n) is 27.7. The second-order valence-electron chi connectivity index (χ2n) is 12.1. The van der Waals surface area contributed by atoms with E-state index in [0.717, 1.165) is 51.4 Å². The molecule has 0 aromatic heterocycles. The largest absolute Gasteiger partial charge is 0.394 e. The summed E-state index contributed by atoms with van der Waals surface area (Å²) in [6.45, 7) is 3.42. The first-order valence-corrected chi connectivity index (χ1v) is 17.3. The third kappa shape index (κ3) is 18.3. The van der Waals surface area contributed by atoms with Gasteiger partial charge in [0.2, 0.25) is 5.91 Å². The Morgan fingerprint density at radius 1 is 0.756 bits per heavy atom. The molecule has 10 nitrogen and oxygen atoms in total. The normalized spacial score (nSPS) is 24.5. The van der Waals surface area contributed by atoms with Crippen LogP contribution < -0.4 is 5.32 Å². The van der Waals surface area contributed by atoms with E-state index in [1.807, 2.05) is 6.08 Å². The summed E-state index contributed by atoms with van der Waals surface area (Å²) in [5.41, 5.74) is 0. The molecule has 0 aliphatic carbocycles. The van der Waals surface area contributed by atoms with Crippen LogP contribution in [0.1, 0.15) is 117 Å². The first-order valence-electron chi connectivity index (χ1n) is 17.3. The summed E-state index contributed by atoms with van der Waals surface area (Å²) in [5, 5.41) is 63.9. The van der Waals surface area contributed by atoms with Crippen molar-refractivity contribution >= 4 is 5.91 Å². The zero-order valence-corrected chi connectivity index (χ0v) is 27.7. The van der Waals surface area contributed by atoms with Crippen LogP contribution in [0.3, 0.4) is 0 Å². The third-order valence-electron chi connectivity index (χ3n) is 8.03. The molecule has 1 aliphatic heterocycles. The van der Waals surface area contributed by atoms with Gasteiger partial charge in [-0.2, -0.15) is 0 Å². The number of nitrogens with one attached hydrogen (secondary N) is 1. The van der Waals surface area contributed by atoms with Crippen molar-refractivity contribution in [2.75, 3.05) is 13.2 Å². The minimum atomic E-state index is -1.61. The lowest BCUT2D eigenvalue weighted by atomic mass is 9.99. The summed E-state index contributed by atoms with van der Waals surface area (Å²) in [5.74, 6) is -0.639. The standard InChI is InChI=1S/C35H63NO9/c1-3-5-7-9-11-13-14-16-17-19-21-23-28(38)27(26-44-35-33(42)32(41)31(40)30(25-37)45-35)36-34(43)29(39)24-22-20-18-15-12-10-8-6-4-2/h7,9,14,16,21,23,27-33,35,37-42H,3-6,8,10-13,15,17-20,22,24-26H2,1-2H3,(H,36,43)/b9-7+,16-14+,23-21+. The van der Waals surface area contributed by atoms with Crippen LogP contribution in [0.4, 0.5) is 0 Å². The number of aliphatic hydroxyl groups is 6. The number of amides is 1. The van der Waals surface area contributed by atoms with Crippen molar-refractivity contribution in [2.24, 2.45) is 0 Å². The number of unbranched alkanes of at least 4 members (excludes halogenated alkanes) is 11. The van der Waals surface area contributed by atoms with Crippen molar-refractivity contribution < 1.29 is 44.9 Å². The van der Waals surface area contributed by atoms with E-state index in [2.05, 4.69) is 43.5 Å². The highest BCUT2D eigenvalue weighted by molar-refractivity contribution is 5.80. The molecule has 7 N–H and O–H groups in total. The fourth-order valence-electron chi connectivity index (χ4n) is 5.08. The Balaban J connectivity index is 2.64. The molecule has 262 valence electrons. The van der Waals surface area contributed by atoms with Gasteiger partial charge in [0.15, 0.2) is 6.29 Å². The van der Waals surface area contributed by atoms with Gasteiger partial charge in [-0.25, -0.2) is 0 Å². The van der Waals surface area contributed by atoms with Gasteiger partial charge in [-0.05, 0) is 38.5 Å². The highest BCUT2D eigenvalue weighted by Gasteiger charge is 2.44. The molecule has 0 bridgehead atoms. The number of carbonyl (C=O) groups excluding carboxylic acids is 1. The predicted molar refractivity (Wildman–Crippen MR) is 176 cm³/mol. The van der Waals surface area contributed by atoms with E-state index in [0.29, 0.717) is 19.3 Å². The van der Waals surface area contributed by atoms with Gasteiger partial charge in [0.05, 0.1) is 25.4 Å². The summed E-state index contributed by atoms with van der Waals surface area (Å²) >= 11 is 0. The SMILES string of the molecule is CCC/C=C/CC/C=C/CC/C=C/C(O)C(COC1OC(CO)C(O)C(O)C1O)NC(=O)C(O)CCCCCCCCCCC. The average molecular weight is 642 g/mol. The van der Waals surface area contributed by atoms with Gasteiger partial charge < -0.3 is 45.4 Å². The second kappa shape index (κ2) is 26.4. The minimum Gasteiger partial charge on any atom is -0.394 e. The van der Waals surface area contributed by atoms with E-state index < -0.39 is 61.5 Å². The van der Waals surface area contributed by atoms with E-state index in [1.54, 1.807) is 6.08 Å². The van der Waals surface area contributed by atoms with E-state index >= 15 is 0 Å². The average Bonchev–Trinajstić information content (AvgIpc) is 3.04. The summed E-state index contributed by atoms with van der Waals surface area (Å²) in [7, 11) is 0. The van der Waals surface area contributed by atoms with Crippen molar-refractivity contribution in [3.05, 3.63) is 36.5 Å². The van der Waals surface area contributed by atoms with Gasteiger partial charge in [0.25, 0.3) is 0 Å². The number of hydrogen-bond acceptors (Lipinski definition) is 9. The van der Waals surface area contributed by atoms with Crippen LogP contribution in [0.25, 0.3) is 0 Å². The second-order valence-corrected chi connectivity index (χ2v) is 12.1. The number of rotatable bonds is 26. The smallest absolute Gasteiger partial charge is 0.249 e. The van der Waals surface area contributed by atoms with E-state index in [1.165, 1.54) is 32.1 Å². The minimum absolute atomic E-state index is 0.300. The highest BCUT2D eigenvalue weighted by atomic mass is 16.7. The van der Waals surface area contributed by atoms with Crippen molar-refractivity contribution in [1.29, 1.82) is 0 Å². The molecule has 8 atom stereocenters. The predicted octanol–water partition coefficient (Wildman–Crippen LogP) is 3.96. The summed E-state index contributed by atoms with van der Waals surface area (Å²) in [6.07, 6.45) is 18.3. The van der Waals surface area contributed by atoms with Crippen LogP contribution in [0, 0.1) is 0 Å². The molecular formula is C35H63NO9. The Morgan fingerprint density at radius 2 is 1.31 bits per heavy atom. The maximum Gasteiger partial charge on any atom is 0.249 e. The van der Waals surface area contributed by atoms with Gasteiger partial charge in [0, 0.05) is 0 Å². The van der Waals surface area contributed by atoms with Crippen molar-refractivity contribution in [1.82, 2.24) is 5.32 Å². The molecule has 1 fully saturated rings. The summed E-state index contributed by atoms with van der Waals surface area (Å²) in [6, 6.07) is -0.996. The van der Waals surface area contributed by atoms with E-state index in [9.17, 15) is 35.4 Å². The van der Waals surface area contributed by atoms with Crippen molar-refractivity contribution in [3.63, 3.8) is 0 Å². The third-order valence-corrected chi connectivity index (χ3v) is 8.03. The first-order chi connectivity index (χ1) is 21.8. The number of carbonyl (C=O) groups is 1. The topological polar surface area (TPSA) is 169 Å². The molecular weight excluding hydrogens is 578 g/mol. The van der Waals surface area contributed by atoms with Crippen molar-refractivity contribution in [2.45, 2.75) is 166 Å². The van der Waals surface area contributed by atoms with Crippen LogP contribution in [0.5, 0.6) is 0 Å². The Kier molecular flexibility index (Phi) is 24.3. The molecule has 8 unspecified atom stereocenters. The lowest BCUT2D eigenvalue weighted by molar-refractivity contribution is -0.302. The molecule has 45 heavy (non-hydrogen) atoms. The number of hydrogen-bond donors (Lipinski definition) is 7. The lowest BCUT2D eigenvalue weighted by Gasteiger charge is -2.40. The molecule has 1 aliphatic rings. The van der Waals surface area contributed by atoms with E-state index in [4.69, 9.17) is 9.47 Å². The molecule has 1 amide bonds. The molecule has 1 saturated heterocycles. The number of allylic oxidation sites excluding steroid dienone is 5. The maximum absolute atomic E-state index is 12.8. The van der Waals surface area contributed by atoms with Gasteiger partial charge >= 0.3 is 0 Å². The van der Waals surface area contributed by atoms with Gasteiger partial charge in [-0.1, -0.05) is 115 Å². The van der Waals surface area contributed by atoms with Gasteiger partial charge in [-0.15, -0.1) is 0 Å². The Bertz CT molecular complexity index is 819. The molecule has 1 heterocycles. The first kappa shape index (κ1) is 41.4. The fourth-order valence-corrected chi connectivity index (χ4v) is 5.08. The quantitative estimate of drug-likeness (QED) is 0.0546. The molecule has 0 aromatic rings. The summed E-state index contributed by atoms with van der Waals surface area (Å²) in [4.78, 5) is 12.8. The van der Waals surface area contributed by atoms with Crippen LogP contribution in [-0.4, -0.2) is 98.7 Å². The Labute approximate surface area is 271 Å². The molecule has 0 saturated carbocycles. The zero-order chi connectivity index (χ0) is 33.3. The molecule has 0 radical (unpaired) electrons. The van der Waals surface area contributed by atoms with Crippen LogP contribution in [0.15, 0.2) is 36.5 Å². The van der Waals surface area contributed by atoms with Gasteiger partial charge in [0.1, 0.15) is 30.5 Å². The van der Waals surface area contributed by atoms with Crippen molar-refractivity contribution in [3.8, 4) is 0 Å². The molecule has 1 rings (SSSR count). The molecule has 0 aromatic carbocycles. The van der Waals surface area contributed by atoms with Crippen LogP contribution in [0.2, 0.25) is 0 Å². The Morgan fingerprint density at radius 3 is 1.89 bits per heavy atom. The lowest BCUT2D eigenvalue weighted by Crippen LogP contribution is -2.60. The van der Waals surface area contributed by atoms with E-state index in [-0.39, 0.29) is 6.61 Å². The highest BCUT2D eigenvalue weighted by Crippen LogP contribution is 2.22. The molecule has 10 heteroatoms. The molecule has 0 spiro atoms. The van der Waals surface area contributed by atoms with Gasteiger partial charge in [-0.3, -0.25) is 4.79 Å². The van der Waals surface area contributed by atoms with Crippen LogP contribution >= 0.6 is 0 Å².